The van der Waals surface area contributed by atoms with Gasteiger partial charge in [-0.15, -0.1) is 0 Å². The molecular formula is C23H31N3O. The molecule has 4 nitrogen and oxygen atoms in total. The van der Waals surface area contributed by atoms with Crippen molar-refractivity contribution in [2.75, 3.05) is 31.5 Å². The van der Waals surface area contributed by atoms with Crippen LogP contribution in [0.4, 0.5) is 5.69 Å². The Morgan fingerprint density at radius 3 is 1.78 bits per heavy atom. The van der Waals surface area contributed by atoms with Crippen molar-refractivity contribution in [3.8, 4) is 0 Å². The van der Waals surface area contributed by atoms with Crippen LogP contribution < -0.4 is 5.32 Å². The van der Waals surface area contributed by atoms with Crippen LogP contribution in [0.15, 0.2) is 48.5 Å². The summed E-state index contributed by atoms with van der Waals surface area (Å²) in [6.45, 7) is 10.3. The Balaban J connectivity index is 1.49. The number of nitrogens with one attached hydrogen (secondary N) is 1. The monoisotopic (exact) mass is 365 g/mol. The van der Waals surface area contributed by atoms with Crippen molar-refractivity contribution in [3.05, 3.63) is 65.2 Å². The fraction of sp³-hybridized carbons (Fsp3) is 0.435. The van der Waals surface area contributed by atoms with Gasteiger partial charge in [0.15, 0.2) is 0 Å². The molecular weight excluding hydrogens is 334 g/mol. The molecule has 0 atom stereocenters. The van der Waals surface area contributed by atoms with Crippen molar-refractivity contribution in [2.24, 2.45) is 0 Å². The van der Waals surface area contributed by atoms with Gasteiger partial charge < -0.3 is 5.32 Å². The van der Waals surface area contributed by atoms with Gasteiger partial charge in [-0.05, 0) is 54.8 Å². The predicted molar refractivity (Wildman–Crippen MR) is 112 cm³/mol. The third-order valence-corrected chi connectivity index (χ3v) is 5.20. The molecule has 1 aliphatic heterocycles. The summed E-state index contributed by atoms with van der Waals surface area (Å²) in [5.74, 6) is -0.0281. The van der Waals surface area contributed by atoms with Crippen molar-refractivity contribution >= 4 is 11.6 Å². The van der Waals surface area contributed by atoms with Crippen LogP contribution in [0.5, 0.6) is 0 Å². The molecule has 4 heteroatoms. The van der Waals surface area contributed by atoms with Crippen molar-refractivity contribution < 1.29 is 4.79 Å². The molecule has 0 bridgehead atoms. The van der Waals surface area contributed by atoms with Crippen LogP contribution in [0.1, 0.15) is 37.0 Å². The van der Waals surface area contributed by atoms with Gasteiger partial charge in [-0.25, -0.2) is 0 Å². The summed E-state index contributed by atoms with van der Waals surface area (Å²) in [5, 5.41) is 2.82. The van der Waals surface area contributed by atoms with E-state index >= 15 is 0 Å². The van der Waals surface area contributed by atoms with Crippen LogP contribution in [-0.2, 0) is 24.3 Å². The number of anilines is 1. The average Bonchev–Trinajstić information content (AvgIpc) is 2.89. The third kappa shape index (κ3) is 6.19. The molecule has 0 spiro atoms. The summed E-state index contributed by atoms with van der Waals surface area (Å²) in [5.41, 5.74) is 4.98. The highest BCUT2D eigenvalue weighted by Gasteiger charge is 2.15. The van der Waals surface area contributed by atoms with Gasteiger partial charge in [-0.3, -0.25) is 14.6 Å². The minimum atomic E-state index is -0.0281. The molecule has 0 unspecified atom stereocenters. The van der Waals surface area contributed by atoms with Crippen molar-refractivity contribution in [3.63, 3.8) is 0 Å². The fourth-order valence-electron chi connectivity index (χ4n) is 3.63. The molecule has 0 saturated carbocycles. The minimum Gasteiger partial charge on any atom is -0.326 e. The van der Waals surface area contributed by atoms with E-state index in [1.165, 1.54) is 30.0 Å². The van der Waals surface area contributed by atoms with Gasteiger partial charge >= 0.3 is 0 Å². The van der Waals surface area contributed by atoms with Gasteiger partial charge in [-0.2, -0.15) is 0 Å². The van der Waals surface area contributed by atoms with Crippen LogP contribution in [0, 0.1) is 0 Å². The molecule has 1 N–H and O–H groups in total. The third-order valence-electron chi connectivity index (χ3n) is 5.20. The van der Waals surface area contributed by atoms with E-state index in [-0.39, 0.29) is 5.91 Å². The highest BCUT2D eigenvalue weighted by atomic mass is 16.1. The number of carbonyl (C=O) groups is 1. The van der Waals surface area contributed by atoms with Gasteiger partial charge in [0.2, 0.25) is 5.91 Å². The first-order valence-corrected chi connectivity index (χ1v) is 10.0. The van der Waals surface area contributed by atoms with Crippen LogP contribution in [0.3, 0.4) is 0 Å². The second kappa shape index (κ2) is 9.67. The van der Waals surface area contributed by atoms with Gasteiger partial charge in [0.05, 0.1) is 0 Å². The minimum absolute atomic E-state index is 0.0281. The number of carbonyl (C=O) groups excluding carboxylic acids is 1. The summed E-state index contributed by atoms with van der Waals surface area (Å²) >= 11 is 0. The Morgan fingerprint density at radius 1 is 0.815 bits per heavy atom. The van der Waals surface area contributed by atoms with Crippen molar-refractivity contribution in [2.45, 2.75) is 39.8 Å². The first-order chi connectivity index (χ1) is 13.1. The second-order valence-corrected chi connectivity index (χ2v) is 7.45. The van der Waals surface area contributed by atoms with E-state index in [2.05, 4.69) is 58.4 Å². The van der Waals surface area contributed by atoms with Crippen LogP contribution in [0.25, 0.3) is 0 Å². The maximum Gasteiger partial charge on any atom is 0.221 e. The number of nitrogens with zero attached hydrogens (tertiary/aromatic N) is 2. The molecule has 144 valence electrons. The number of aryl methyl sites for hydroxylation is 1. The summed E-state index contributed by atoms with van der Waals surface area (Å²) in [6.07, 6.45) is 2.31. The quantitative estimate of drug-likeness (QED) is 0.843. The molecule has 2 aromatic rings. The largest absolute Gasteiger partial charge is 0.326 e. The topological polar surface area (TPSA) is 35.6 Å². The molecule has 0 aromatic heterocycles. The summed E-state index contributed by atoms with van der Waals surface area (Å²) in [6, 6.07) is 17.3. The Bertz CT molecular complexity index is 724. The highest BCUT2D eigenvalue weighted by Crippen LogP contribution is 2.15. The normalized spacial score (nSPS) is 16.1. The van der Waals surface area contributed by atoms with Crippen LogP contribution in [-0.4, -0.2) is 41.9 Å². The molecule has 1 fully saturated rings. The zero-order valence-electron chi connectivity index (χ0n) is 16.6. The van der Waals surface area contributed by atoms with Gasteiger partial charge in [0.1, 0.15) is 0 Å². The first-order valence-electron chi connectivity index (χ1n) is 10.0. The summed E-state index contributed by atoms with van der Waals surface area (Å²) in [4.78, 5) is 16.2. The van der Waals surface area contributed by atoms with Gasteiger partial charge in [0, 0.05) is 38.8 Å². The SMILES string of the molecule is CCc1ccc(CN2CCCN(Cc3ccc(NC(C)=O)cc3)CC2)cc1. The number of benzene rings is 2. The zero-order chi connectivity index (χ0) is 19.1. The molecule has 0 radical (unpaired) electrons. The molecule has 0 aliphatic carbocycles. The van der Waals surface area contributed by atoms with Crippen molar-refractivity contribution in [1.29, 1.82) is 0 Å². The first kappa shape index (κ1) is 19.6. The summed E-state index contributed by atoms with van der Waals surface area (Å²) < 4.78 is 0. The van der Waals surface area contributed by atoms with Gasteiger partial charge in [-0.1, -0.05) is 43.3 Å². The van der Waals surface area contributed by atoms with E-state index in [4.69, 9.17) is 0 Å². The number of amides is 1. The number of hydrogen-bond acceptors (Lipinski definition) is 3. The fourth-order valence-corrected chi connectivity index (χ4v) is 3.63. The standard InChI is InChI=1S/C23H31N3O/c1-3-20-5-7-21(8-6-20)17-25-13-4-14-26(16-15-25)18-22-9-11-23(12-10-22)24-19(2)27/h5-12H,3-4,13-18H2,1-2H3,(H,24,27). The molecule has 3 rings (SSSR count). The van der Waals surface area contributed by atoms with Crippen LogP contribution >= 0.6 is 0 Å². The number of hydrogen-bond donors (Lipinski definition) is 1. The Kier molecular flexibility index (Phi) is 7.02. The maximum atomic E-state index is 11.1. The second-order valence-electron chi connectivity index (χ2n) is 7.45. The van der Waals surface area contributed by atoms with E-state index < -0.39 is 0 Å². The maximum absolute atomic E-state index is 11.1. The van der Waals surface area contributed by atoms with Gasteiger partial charge in [0.25, 0.3) is 0 Å². The van der Waals surface area contributed by atoms with E-state index in [0.29, 0.717) is 0 Å². The van der Waals surface area contributed by atoms with E-state index in [1.54, 1.807) is 0 Å². The Hall–Kier alpha value is -2.17. The van der Waals surface area contributed by atoms with E-state index in [1.807, 2.05) is 12.1 Å². The molecule has 1 saturated heterocycles. The van der Waals surface area contributed by atoms with Crippen molar-refractivity contribution in [1.82, 2.24) is 9.80 Å². The Labute approximate surface area is 163 Å². The van der Waals surface area contributed by atoms with Crippen LogP contribution in [0.2, 0.25) is 0 Å². The molecule has 1 heterocycles. The number of rotatable bonds is 6. The lowest BCUT2D eigenvalue weighted by Gasteiger charge is -2.22. The molecule has 1 amide bonds. The lowest BCUT2D eigenvalue weighted by Crippen LogP contribution is -2.30. The highest BCUT2D eigenvalue weighted by molar-refractivity contribution is 5.88. The molecule has 2 aromatic carbocycles. The molecule has 27 heavy (non-hydrogen) atoms. The predicted octanol–water partition coefficient (Wildman–Crippen LogP) is 3.92. The van der Waals surface area contributed by atoms with E-state index in [9.17, 15) is 4.79 Å². The molecule has 1 aliphatic rings. The Morgan fingerprint density at radius 2 is 1.30 bits per heavy atom. The lowest BCUT2D eigenvalue weighted by molar-refractivity contribution is -0.114. The zero-order valence-corrected chi connectivity index (χ0v) is 16.6. The average molecular weight is 366 g/mol. The lowest BCUT2D eigenvalue weighted by atomic mass is 10.1. The smallest absolute Gasteiger partial charge is 0.221 e. The summed E-state index contributed by atoms with van der Waals surface area (Å²) in [7, 11) is 0. The van der Waals surface area contributed by atoms with E-state index in [0.717, 1.165) is 51.4 Å².